The Labute approximate surface area is 155 Å². The van der Waals surface area contributed by atoms with Gasteiger partial charge in [-0.2, -0.15) is 0 Å². The van der Waals surface area contributed by atoms with E-state index >= 15 is 0 Å². The molecular formula is C19H17ClN4O2. The van der Waals surface area contributed by atoms with Gasteiger partial charge in [-0.15, -0.1) is 0 Å². The van der Waals surface area contributed by atoms with E-state index in [1.807, 2.05) is 24.3 Å². The predicted molar refractivity (Wildman–Crippen MR) is 95.8 cm³/mol. The largest absolute Gasteiger partial charge is 0.443 e. The third kappa shape index (κ3) is 3.32. The first-order valence-corrected chi connectivity index (χ1v) is 8.85. The van der Waals surface area contributed by atoms with E-state index in [0.29, 0.717) is 29.6 Å². The molecule has 2 aromatic heterocycles. The van der Waals surface area contributed by atoms with E-state index in [1.165, 1.54) is 12.4 Å². The summed E-state index contributed by atoms with van der Waals surface area (Å²) in [5.41, 5.74) is 1.32. The average Bonchev–Trinajstić information content (AvgIpc) is 3.33. The molecule has 0 aliphatic carbocycles. The number of hydrogen-bond donors (Lipinski definition) is 0. The Balaban J connectivity index is 1.53. The summed E-state index contributed by atoms with van der Waals surface area (Å²) in [6, 6.07) is 7.48. The first kappa shape index (κ1) is 16.7. The number of oxazole rings is 1. The molecule has 0 saturated carbocycles. The highest BCUT2D eigenvalue weighted by Crippen LogP contribution is 2.33. The second kappa shape index (κ2) is 7.25. The van der Waals surface area contributed by atoms with Crippen molar-refractivity contribution in [2.45, 2.75) is 25.3 Å². The third-order valence-electron chi connectivity index (χ3n) is 4.47. The van der Waals surface area contributed by atoms with E-state index in [-0.39, 0.29) is 11.9 Å². The molecule has 1 amide bonds. The Bertz CT molecular complexity index is 913. The van der Waals surface area contributed by atoms with E-state index in [1.54, 1.807) is 17.3 Å². The quantitative estimate of drug-likeness (QED) is 0.702. The van der Waals surface area contributed by atoms with Gasteiger partial charge in [0.15, 0.2) is 0 Å². The predicted octanol–water partition coefficient (Wildman–Crippen LogP) is 3.69. The number of carbonyl (C=O) groups excluding carboxylic acids is 1. The van der Waals surface area contributed by atoms with Crippen LogP contribution in [0.5, 0.6) is 0 Å². The van der Waals surface area contributed by atoms with Crippen molar-refractivity contribution in [1.82, 2.24) is 19.9 Å². The van der Waals surface area contributed by atoms with E-state index in [9.17, 15) is 4.79 Å². The van der Waals surface area contributed by atoms with E-state index in [4.69, 9.17) is 16.0 Å². The lowest BCUT2D eigenvalue weighted by atomic mass is 10.1. The van der Waals surface area contributed by atoms with Gasteiger partial charge in [0.1, 0.15) is 17.5 Å². The number of nitrogens with zero attached hydrogens (tertiary/aromatic N) is 4. The van der Waals surface area contributed by atoms with Crippen molar-refractivity contribution in [2.24, 2.45) is 0 Å². The second-order valence-electron chi connectivity index (χ2n) is 6.18. The molecule has 6 nitrogen and oxygen atoms in total. The van der Waals surface area contributed by atoms with Crippen molar-refractivity contribution in [3.63, 3.8) is 0 Å². The first-order chi connectivity index (χ1) is 12.7. The van der Waals surface area contributed by atoms with E-state index in [2.05, 4.69) is 15.0 Å². The van der Waals surface area contributed by atoms with E-state index < -0.39 is 0 Å². The van der Waals surface area contributed by atoms with Crippen molar-refractivity contribution in [3.8, 4) is 0 Å². The minimum Gasteiger partial charge on any atom is -0.443 e. The number of likely N-dealkylation sites (tertiary alicyclic amines) is 1. The van der Waals surface area contributed by atoms with Gasteiger partial charge in [-0.25, -0.2) is 9.97 Å². The molecule has 3 aromatic rings. The van der Waals surface area contributed by atoms with Crippen LogP contribution in [0.3, 0.4) is 0 Å². The van der Waals surface area contributed by atoms with Gasteiger partial charge in [0.05, 0.1) is 12.4 Å². The smallest absolute Gasteiger partial charge is 0.274 e. The van der Waals surface area contributed by atoms with Gasteiger partial charge in [-0.05, 0) is 24.5 Å². The number of amides is 1. The topological polar surface area (TPSA) is 72.1 Å². The monoisotopic (exact) mass is 368 g/mol. The fraction of sp³-hybridized carbons (Fsp3) is 0.263. The maximum absolute atomic E-state index is 12.7. The van der Waals surface area contributed by atoms with Crippen LogP contribution < -0.4 is 0 Å². The van der Waals surface area contributed by atoms with Gasteiger partial charge in [0.2, 0.25) is 5.89 Å². The molecule has 3 heterocycles. The molecule has 7 heteroatoms. The van der Waals surface area contributed by atoms with Crippen molar-refractivity contribution in [2.75, 3.05) is 6.54 Å². The number of aromatic nitrogens is 3. The molecule has 1 saturated heterocycles. The van der Waals surface area contributed by atoms with Crippen LogP contribution in [0.4, 0.5) is 0 Å². The SMILES string of the molecule is O=C(c1cnccn1)N1CCC[C@H]1c1ncc(Cc2ccccc2Cl)o1. The van der Waals surface area contributed by atoms with Crippen LogP contribution >= 0.6 is 11.6 Å². The molecule has 1 aromatic carbocycles. The number of hydrogen-bond acceptors (Lipinski definition) is 5. The summed E-state index contributed by atoms with van der Waals surface area (Å²) in [6.45, 7) is 0.655. The summed E-state index contributed by atoms with van der Waals surface area (Å²) in [5, 5.41) is 0.700. The molecule has 1 fully saturated rings. The van der Waals surface area contributed by atoms with Crippen LogP contribution in [0.25, 0.3) is 0 Å². The van der Waals surface area contributed by atoms with Gasteiger partial charge < -0.3 is 9.32 Å². The lowest BCUT2D eigenvalue weighted by molar-refractivity contribution is 0.0708. The standard InChI is InChI=1S/C19H17ClN4O2/c20-15-5-2-1-4-13(15)10-14-11-23-18(26-14)17-6-3-9-24(17)19(25)16-12-21-7-8-22-16/h1-2,4-5,7-8,11-12,17H,3,6,9-10H2/t17-/m0/s1. The molecule has 1 atom stereocenters. The van der Waals surface area contributed by atoms with Gasteiger partial charge in [0.25, 0.3) is 5.91 Å². The summed E-state index contributed by atoms with van der Waals surface area (Å²) >= 11 is 6.21. The Morgan fingerprint density at radius 1 is 1.23 bits per heavy atom. The van der Waals surface area contributed by atoms with Crippen molar-refractivity contribution < 1.29 is 9.21 Å². The lowest BCUT2D eigenvalue weighted by Gasteiger charge is -2.21. The average molecular weight is 369 g/mol. The Morgan fingerprint density at radius 3 is 2.92 bits per heavy atom. The van der Waals surface area contributed by atoms with Gasteiger partial charge in [0, 0.05) is 30.4 Å². The fourth-order valence-corrected chi connectivity index (χ4v) is 3.41. The third-order valence-corrected chi connectivity index (χ3v) is 4.84. The number of rotatable bonds is 4. The molecule has 26 heavy (non-hydrogen) atoms. The Kier molecular flexibility index (Phi) is 4.67. The summed E-state index contributed by atoms with van der Waals surface area (Å²) in [4.78, 5) is 27.0. The molecule has 132 valence electrons. The fourth-order valence-electron chi connectivity index (χ4n) is 3.21. The van der Waals surface area contributed by atoms with E-state index in [0.717, 1.165) is 24.2 Å². The molecule has 0 radical (unpaired) electrons. The Hall–Kier alpha value is -2.73. The summed E-state index contributed by atoms with van der Waals surface area (Å²) in [5.74, 6) is 1.14. The summed E-state index contributed by atoms with van der Waals surface area (Å²) < 4.78 is 5.94. The van der Waals surface area contributed by atoms with Gasteiger partial charge in [-0.1, -0.05) is 29.8 Å². The molecule has 0 unspecified atom stereocenters. The first-order valence-electron chi connectivity index (χ1n) is 8.47. The highest BCUT2D eigenvalue weighted by atomic mass is 35.5. The highest BCUT2D eigenvalue weighted by molar-refractivity contribution is 6.31. The molecule has 1 aliphatic rings. The zero-order valence-electron chi connectivity index (χ0n) is 14.0. The van der Waals surface area contributed by atoms with Crippen LogP contribution in [-0.4, -0.2) is 32.3 Å². The highest BCUT2D eigenvalue weighted by Gasteiger charge is 2.34. The van der Waals surface area contributed by atoms with Crippen LogP contribution in [0, 0.1) is 0 Å². The van der Waals surface area contributed by atoms with Crippen molar-refractivity contribution in [3.05, 3.63) is 77.0 Å². The van der Waals surface area contributed by atoms with Gasteiger partial charge >= 0.3 is 0 Å². The summed E-state index contributed by atoms with van der Waals surface area (Å²) in [7, 11) is 0. The maximum atomic E-state index is 12.7. The second-order valence-corrected chi connectivity index (χ2v) is 6.59. The molecule has 0 spiro atoms. The summed E-state index contributed by atoms with van der Waals surface area (Å²) in [6.07, 6.45) is 8.55. The van der Waals surface area contributed by atoms with Crippen LogP contribution in [-0.2, 0) is 6.42 Å². The maximum Gasteiger partial charge on any atom is 0.274 e. The van der Waals surface area contributed by atoms with Gasteiger partial charge in [-0.3, -0.25) is 9.78 Å². The molecule has 1 aliphatic heterocycles. The van der Waals surface area contributed by atoms with Crippen LogP contribution in [0.15, 0.2) is 53.5 Å². The lowest BCUT2D eigenvalue weighted by Crippen LogP contribution is -2.31. The number of halogens is 1. The van der Waals surface area contributed by atoms with Crippen LogP contribution in [0.2, 0.25) is 5.02 Å². The number of benzene rings is 1. The zero-order chi connectivity index (χ0) is 17.9. The van der Waals surface area contributed by atoms with Crippen molar-refractivity contribution in [1.29, 1.82) is 0 Å². The molecule has 0 N–H and O–H groups in total. The molecule has 4 rings (SSSR count). The van der Waals surface area contributed by atoms with Crippen molar-refractivity contribution >= 4 is 17.5 Å². The molecular weight excluding hydrogens is 352 g/mol. The normalized spacial score (nSPS) is 16.8. The minimum atomic E-state index is -0.176. The Morgan fingerprint density at radius 2 is 2.12 bits per heavy atom. The number of carbonyl (C=O) groups is 1. The van der Waals surface area contributed by atoms with Crippen LogP contribution in [0.1, 0.15) is 46.6 Å². The molecule has 0 bridgehead atoms. The zero-order valence-corrected chi connectivity index (χ0v) is 14.8. The minimum absolute atomic E-state index is 0.147.